The van der Waals surface area contributed by atoms with Crippen LogP contribution in [0, 0.1) is 0 Å². The van der Waals surface area contributed by atoms with E-state index in [2.05, 4.69) is 32.9 Å². The van der Waals surface area contributed by atoms with E-state index in [0.717, 1.165) is 0 Å². The fourth-order valence-electron chi connectivity index (χ4n) is 4.90. The maximum atomic E-state index is 10.7. The number of hydrogen-bond donors (Lipinski definition) is 1. The molecule has 1 N–H and O–H groups in total. The predicted octanol–water partition coefficient (Wildman–Crippen LogP) is 9.71. The van der Waals surface area contributed by atoms with Gasteiger partial charge in [-0.3, -0.25) is 0 Å². The van der Waals surface area contributed by atoms with Crippen LogP contribution < -0.4 is 0 Å². The van der Waals surface area contributed by atoms with Crippen LogP contribution in [0.25, 0.3) is 0 Å². The second kappa shape index (κ2) is 16.8. The summed E-state index contributed by atoms with van der Waals surface area (Å²) in [7, 11) is 0. The van der Waals surface area contributed by atoms with E-state index in [-0.39, 0.29) is 5.41 Å². The van der Waals surface area contributed by atoms with E-state index < -0.39 is 0 Å². The summed E-state index contributed by atoms with van der Waals surface area (Å²) in [5.74, 6) is 0.529. The Bertz CT molecular complexity index is 477. The lowest BCUT2D eigenvalue weighted by Crippen LogP contribution is -2.27. The van der Waals surface area contributed by atoms with E-state index in [1.807, 2.05) is 12.1 Å². The molecule has 0 aromatic heterocycles. The molecule has 0 fully saturated rings. The van der Waals surface area contributed by atoms with Gasteiger partial charge in [-0.05, 0) is 30.7 Å². The molecule has 0 spiro atoms. The Morgan fingerprint density at radius 3 is 1.41 bits per heavy atom. The molecule has 1 aromatic rings. The third-order valence-corrected chi connectivity index (χ3v) is 6.75. The van der Waals surface area contributed by atoms with Crippen molar-refractivity contribution in [3.8, 4) is 5.75 Å². The van der Waals surface area contributed by atoms with Crippen molar-refractivity contribution in [2.75, 3.05) is 0 Å². The minimum absolute atomic E-state index is 0.177. The molecule has 0 aliphatic heterocycles. The van der Waals surface area contributed by atoms with Gasteiger partial charge in [0.05, 0.1) is 0 Å². The summed E-state index contributed by atoms with van der Waals surface area (Å²) in [5, 5.41) is 10.7. The number of phenolic OH excluding ortho intramolecular Hbond substituents is 1. The number of phenols is 1. The molecule has 168 valence electrons. The van der Waals surface area contributed by atoms with Gasteiger partial charge in [-0.25, -0.2) is 0 Å². The molecule has 0 aliphatic carbocycles. The number of benzene rings is 1. The van der Waals surface area contributed by atoms with Crippen molar-refractivity contribution in [1.82, 2.24) is 0 Å². The van der Waals surface area contributed by atoms with Crippen LogP contribution in [0.2, 0.25) is 0 Å². The molecule has 0 amide bonds. The maximum absolute atomic E-state index is 10.7. The third-order valence-electron chi connectivity index (χ3n) is 6.75. The molecule has 1 rings (SSSR count). The molecule has 0 saturated carbocycles. The van der Waals surface area contributed by atoms with E-state index in [1.165, 1.54) is 121 Å². The van der Waals surface area contributed by atoms with Gasteiger partial charge in [-0.15, -0.1) is 0 Å². The quantitative estimate of drug-likeness (QED) is 0.228. The number of para-hydroxylation sites is 1. The van der Waals surface area contributed by atoms with Gasteiger partial charge in [0, 0.05) is 5.56 Å². The van der Waals surface area contributed by atoms with E-state index in [4.69, 9.17) is 0 Å². The number of aromatic hydroxyl groups is 1. The molecule has 0 unspecified atom stereocenters. The van der Waals surface area contributed by atoms with Crippen LogP contribution in [0.15, 0.2) is 24.3 Å². The minimum atomic E-state index is 0.177. The predicted molar refractivity (Wildman–Crippen MR) is 130 cm³/mol. The van der Waals surface area contributed by atoms with Crippen molar-refractivity contribution in [2.24, 2.45) is 0 Å². The molecular weight excluding hydrogens is 352 g/mol. The average Bonchev–Trinajstić information content (AvgIpc) is 2.73. The van der Waals surface area contributed by atoms with Crippen molar-refractivity contribution in [3.05, 3.63) is 29.8 Å². The molecule has 0 aliphatic rings. The van der Waals surface area contributed by atoms with Crippen LogP contribution in [-0.2, 0) is 5.41 Å². The molecule has 0 heterocycles. The zero-order valence-electron chi connectivity index (χ0n) is 20.0. The SMILES string of the molecule is CCCCCCCCC(CCCCC)(CCCCCCCC)c1ccccc1O. The van der Waals surface area contributed by atoms with Crippen molar-refractivity contribution in [3.63, 3.8) is 0 Å². The Morgan fingerprint density at radius 2 is 0.931 bits per heavy atom. The number of hydrogen-bond acceptors (Lipinski definition) is 1. The Balaban J connectivity index is 2.82. The van der Waals surface area contributed by atoms with Crippen LogP contribution in [0.3, 0.4) is 0 Å². The van der Waals surface area contributed by atoms with Gasteiger partial charge < -0.3 is 5.11 Å². The van der Waals surface area contributed by atoms with Crippen molar-refractivity contribution in [2.45, 2.75) is 142 Å². The Hall–Kier alpha value is -0.980. The minimum Gasteiger partial charge on any atom is -0.508 e. The lowest BCUT2D eigenvalue weighted by Gasteiger charge is -2.36. The van der Waals surface area contributed by atoms with Crippen LogP contribution in [0.5, 0.6) is 5.75 Å². The summed E-state index contributed by atoms with van der Waals surface area (Å²) in [6, 6.07) is 8.24. The molecular formula is C28H50O. The Kier molecular flexibility index (Phi) is 15.1. The monoisotopic (exact) mass is 402 g/mol. The summed E-state index contributed by atoms with van der Waals surface area (Å²) < 4.78 is 0. The molecule has 0 atom stereocenters. The van der Waals surface area contributed by atoms with Crippen molar-refractivity contribution < 1.29 is 5.11 Å². The van der Waals surface area contributed by atoms with E-state index in [9.17, 15) is 5.11 Å². The second-order valence-corrected chi connectivity index (χ2v) is 9.29. The van der Waals surface area contributed by atoms with Gasteiger partial charge in [0.25, 0.3) is 0 Å². The summed E-state index contributed by atoms with van der Waals surface area (Å²) in [6.45, 7) is 6.87. The molecule has 0 bridgehead atoms. The first-order valence-electron chi connectivity index (χ1n) is 13.0. The maximum Gasteiger partial charge on any atom is 0.119 e. The Morgan fingerprint density at radius 1 is 0.552 bits per heavy atom. The number of rotatable bonds is 19. The van der Waals surface area contributed by atoms with Gasteiger partial charge in [0.1, 0.15) is 5.75 Å². The van der Waals surface area contributed by atoms with E-state index in [1.54, 1.807) is 0 Å². The zero-order valence-corrected chi connectivity index (χ0v) is 20.0. The lowest BCUT2D eigenvalue weighted by atomic mass is 9.69. The first kappa shape index (κ1) is 26.1. The molecule has 0 saturated heterocycles. The fourth-order valence-corrected chi connectivity index (χ4v) is 4.90. The van der Waals surface area contributed by atoms with Crippen molar-refractivity contribution in [1.29, 1.82) is 0 Å². The van der Waals surface area contributed by atoms with E-state index >= 15 is 0 Å². The van der Waals surface area contributed by atoms with Crippen LogP contribution in [0.4, 0.5) is 0 Å². The summed E-state index contributed by atoms with van der Waals surface area (Å²) in [5.41, 5.74) is 1.41. The first-order chi connectivity index (χ1) is 14.2. The molecule has 29 heavy (non-hydrogen) atoms. The highest BCUT2D eigenvalue weighted by molar-refractivity contribution is 5.38. The molecule has 1 nitrogen and oxygen atoms in total. The van der Waals surface area contributed by atoms with Crippen molar-refractivity contribution >= 4 is 0 Å². The Labute approximate surface area is 182 Å². The highest BCUT2D eigenvalue weighted by Gasteiger charge is 2.32. The standard InChI is InChI=1S/C28H50O/c1-4-7-10-12-14-19-24-28(23-18-9-6-3,25-20-15-13-11-8-5-2)26-21-16-17-22-27(26)29/h16-17,21-22,29H,4-15,18-20,23-25H2,1-3H3. The highest BCUT2D eigenvalue weighted by atomic mass is 16.3. The molecule has 0 radical (unpaired) electrons. The highest BCUT2D eigenvalue weighted by Crippen LogP contribution is 2.44. The topological polar surface area (TPSA) is 20.2 Å². The van der Waals surface area contributed by atoms with Gasteiger partial charge in [0.2, 0.25) is 0 Å². The second-order valence-electron chi connectivity index (χ2n) is 9.29. The smallest absolute Gasteiger partial charge is 0.119 e. The van der Waals surface area contributed by atoms with Crippen LogP contribution in [-0.4, -0.2) is 5.11 Å². The van der Waals surface area contributed by atoms with Crippen LogP contribution in [0.1, 0.15) is 142 Å². The normalized spacial score (nSPS) is 11.8. The van der Waals surface area contributed by atoms with E-state index in [0.29, 0.717) is 5.75 Å². The van der Waals surface area contributed by atoms with Gasteiger partial charge >= 0.3 is 0 Å². The summed E-state index contributed by atoms with van der Waals surface area (Å²) >= 11 is 0. The van der Waals surface area contributed by atoms with Gasteiger partial charge in [-0.2, -0.15) is 0 Å². The fraction of sp³-hybridized carbons (Fsp3) is 0.786. The number of unbranched alkanes of at least 4 members (excludes halogenated alkanes) is 12. The average molecular weight is 403 g/mol. The largest absolute Gasteiger partial charge is 0.508 e. The zero-order chi connectivity index (χ0) is 21.2. The third kappa shape index (κ3) is 10.6. The summed E-state index contributed by atoms with van der Waals surface area (Å²) in [6.07, 6.45) is 23.8. The molecule has 1 heteroatoms. The summed E-state index contributed by atoms with van der Waals surface area (Å²) in [4.78, 5) is 0. The molecule has 1 aromatic carbocycles. The van der Waals surface area contributed by atoms with Gasteiger partial charge in [-0.1, -0.05) is 135 Å². The van der Waals surface area contributed by atoms with Gasteiger partial charge in [0.15, 0.2) is 0 Å². The van der Waals surface area contributed by atoms with Crippen LogP contribution >= 0.6 is 0 Å². The lowest BCUT2D eigenvalue weighted by molar-refractivity contribution is 0.290. The first-order valence-corrected chi connectivity index (χ1v) is 13.0.